The zero-order valence-electron chi connectivity index (χ0n) is 10.8. The maximum Gasteiger partial charge on any atom is 0.211 e. The molecule has 0 saturated carbocycles. The van der Waals surface area contributed by atoms with E-state index in [4.69, 9.17) is 17.3 Å². The van der Waals surface area contributed by atoms with Gasteiger partial charge in [0.2, 0.25) is 10.0 Å². The molecule has 2 N–H and O–H groups in total. The summed E-state index contributed by atoms with van der Waals surface area (Å²) in [7, 11) is -3.07. The fourth-order valence-electron chi connectivity index (χ4n) is 2.17. The van der Waals surface area contributed by atoms with Crippen LogP contribution in [0.2, 0.25) is 5.02 Å². The molecule has 0 atom stereocenters. The predicted molar refractivity (Wildman–Crippen MR) is 77.6 cm³/mol. The minimum atomic E-state index is -3.07. The van der Waals surface area contributed by atoms with Crippen molar-refractivity contribution in [1.82, 2.24) is 9.21 Å². The Morgan fingerprint density at radius 1 is 1.26 bits per heavy atom. The van der Waals surface area contributed by atoms with Crippen LogP contribution in [0.5, 0.6) is 0 Å². The van der Waals surface area contributed by atoms with Gasteiger partial charge in [0, 0.05) is 43.4 Å². The van der Waals surface area contributed by atoms with Crippen LogP contribution in [0.3, 0.4) is 0 Å². The third-order valence-electron chi connectivity index (χ3n) is 3.30. The molecule has 0 radical (unpaired) electrons. The summed E-state index contributed by atoms with van der Waals surface area (Å²) in [6, 6.07) is 5.48. The number of nitrogen functional groups attached to an aromatic ring is 1. The quantitative estimate of drug-likeness (QED) is 0.846. The van der Waals surface area contributed by atoms with Gasteiger partial charge in [-0.3, -0.25) is 4.90 Å². The first-order valence-corrected chi connectivity index (χ1v) is 8.30. The lowest BCUT2D eigenvalue weighted by Gasteiger charge is -2.33. The Morgan fingerprint density at radius 3 is 2.42 bits per heavy atom. The van der Waals surface area contributed by atoms with Crippen LogP contribution in [0.15, 0.2) is 18.2 Å². The van der Waals surface area contributed by atoms with E-state index < -0.39 is 10.0 Å². The van der Waals surface area contributed by atoms with Gasteiger partial charge in [-0.15, -0.1) is 0 Å². The molecule has 1 aliphatic rings. The first-order valence-electron chi connectivity index (χ1n) is 6.07. The van der Waals surface area contributed by atoms with E-state index >= 15 is 0 Å². The maximum atomic E-state index is 11.4. The molecule has 1 heterocycles. The number of anilines is 1. The number of halogens is 1. The van der Waals surface area contributed by atoms with Gasteiger partial charge < -0.3 is 5.73 Å². The Morgan fingerprint density at radius 2 is 1.89 bits per heavy atom. The molecule has 1 saturated heterocycles. The number of nitrogens with zero attached hydrogens (tertiary/aromatic N) is 2. The SMILES string of the molecule is CS(=O)(=O)N1CCN(Cc2ccc(Cl)cc2N)CC1. The molecule has 1 aromatic carbocycles. The van der Waals surface area contributed by atoms with Crippen molar-refractivity contribution in [1.29, 1.82) is 0 Å². The van der Waals surface area contributed by atoms with Crippen LogP contribution in [0.4, 0.5) is 5.69 Å². The summed E-state index contributed by atoms with van der Waals surface area (Å²) in [5.74, 6) is 0. The van der Waals surface area contributed by atoms with Crippen molar-refractivity contribution in [2.45, 2.75) is 6.54 Å². The van der Waals surface area contributed by atoms with E-state index in [2.05, 4.69) is 4.90 Å². The monoisotopic (exact) mass is 303 g/mol. The van der Waals surface area contributed by atoms with Crippen LogP contribution in [0.25, 0.3) is 0 Å². The molecule has 2 rings (SSSR count). The Labute approximate surface area is 119 Å². The second-order valence-electron chi connectivity index (χ2n) is 4.78. The highest BCUT2D eigenvalue weighted by Gasteiger charge is 2.23. The standard InChI is InChI=1S/C12H18ClN3O2S/c1-19(17,18)16-6-4-15(5-7-16)9-10-2-3-11(13)8-12(10)14/h2-3,8H,4-7,9,14H2,1H3. The van der Waals surface area contributed by atoms with Crippen molar-refractivity contribution in [3.05, 3.63) is 28.8 Å². The minimum absolute atomic E-state index is 0.534. The topological polar surface area (TPSA) is 66.6 Å². The van der Waals surface area contributed by atoms with Crippen molar-refractivity contribution >= 4 is 27.3 Å². The number of sulfonamides is 1. The summed E-state index contributed by atoms with van der Waals surface area (Å²) in [5.41, 5.74) is 7.62. The molecule has 0 spiro atoms. The van der Waals surface area contributed by atoms with E-state index in [1.54, 1.807) is 6.07 Å². The predicted octanol–water partition coefficient (Wildman–Crippen LogP) is 0.999. The van der Waals surface area contributed by atoms with E-state index in [0.29, 0.717) is 23.8 Å². The van der Waals surface area contributed by atoms with E-state index in [-0.39, 0.29) is 0 Å². The van der Waals surface area contributed by atoms with Crippen LogP contribution in [-0.2, 0) is 16.6 Å². The van der Waals surface area contributed by atoms with Gasteiger partial charge >= 0.3 is 0 Å². The number of hydrogen-bond acceptors (Lipinski definition) is 4. The molecule has 0 unspecified atom stereocenters. The average molecular weight is 304 g/mol. The van der Waals surface area contributed by atoms with E-state index in [9.17, 15) is 8.42 Å². The maximum absolute atomic E-state index is 11.4. The van der Waals surface area contributed by atoms with Crippen LogP contribution >= 0.6 is 11.6 Å². The zero-order valence-corrected chi connectivity index (χ0v) is 12.4. The van der Waals surface area contributed by atoms with Crippen molar-refractivity contribution in [2.24, 2.45) is 0 Å². The van der Waals surface area contributed by atoms with Crippen LogP contribution < -0.4 is 5.73 Å². The van der Waals surface area contributed by atoms with Crippen LogP contribution in [0.1, 0.15) is 5.56 Å². The molecule has 106 valence electrons. The number of piperazine rings is 1. The molecule has 7 heteroatoms. The third-order valence-corrected chi connectivity index (χ3v) is 4.84. The lowest BCUT2D eigenvalue weighted by Crippen LogP contribution is -2.47. The van der Waals surface area contributed by atoms with E-state index in [1.165, 1.54) is 10.6 Å². The molecule has 0 bridgehead atoms. The molecule has 0 amide bonds. The number of benzene rings is 1. The van der Waals surface area contributed by atoms with Gasteiger partial charge in [-0.2, -0.15) is 4.31 Å². The highest BCUT2D eigenvalue weighted by Crippen LogP contribution is 2.20. The lowest BCUT2D eigenvalue weighted by molar-refractivity contribution is 0.182. The summed E-state index contributed by atoms with van der Waals surface area (Å²) in [5, 5.41) is 0.628. The Hall–Kier alpha value is -0.820. The van der Waals surface area contributed by atoms with Crippen LogP contribution in [0, 0.1) is 0 Å². The van der Waals surface area contributed by atoms with Gasteiger partial charge in [0.25, 0.3) is 0 Å². The normalized spacial score (nSPS) is 18.6. The highest BCUT2D eigenvalue weighted by atomic mass is 35.5. The summed E-state index contributed by atoms with van der Waals surface area (Å²) in [4.78, 5) is 2.20. The largest absolute Gasteiger partial charge is 0.398 e. The second-order valence-corrected chi connectivity index (χ2v) is 7.20. The third kappa shape index (κ3) is 3.82. The molecule has 0 aromatic heterocycles. The molecule has 0 aliphatic carbocycles. The molecule has 5 nitrogen and oxygen atoms in total. The van der Waals surface area contributed by atoms with Crippen molar-refractivity contribution in [2.75, 3.05) is 38.2 Å². The molecule has 19 heavy (non-hydrogen) atoms. The molecular weight excluding hydrogens is 286 g/mol. The Balaban J connectivity index is 1.96. The highest BCUT2D eigenvalue weighted by molar-refractivity contribution is 7.88. The summed E-state index contributed by atoms with van der Waals surface area (Å²) >= 11 is 5.86. The molecule has 1 aliphatic heterocycles. The van der Waals surface area contributed by atoms with E-state index in [0.717, 1.165) is 25.2 Å². The van der Waals surface area contributed by atoms with Crippen molar-refractivity contribution in [3.63, 3.8) is 0 Å². The first kappa shape index (κ1) is 14.6. The Kier molecular flexibility index (Phi) is 4.35. The number of rotatable bonds is 3. The zero-order chi connectivity index (χ0) is 14.0. The summed E-state index contributed by atoms with van der Waals surface area (Å²) < 4.78 is 24.3. The van der Waals surface area contributed by atoms with Crippen LogP contribution in [-0.4, -0.2) is 50.1 Å². The smallest absolute Gasteiger partial charge is 0.211 e. The lowest BCUT2D eigenvalue weighted by atomic mass is 10.1. The average Bonchev–Trinajstić information content (AvgIpc) is 2.32. The fraction of sp³-hybridized carbons (Fsp3) is 0.500. The van der Waals surface area contributed by atoms with E-state index in [1.807, 2.05) is 12.1 Å². The molecule has 1 fully saturated rings. The fourth-order valence-corrected chi connectivity index (χ4v) is 3.18. The molecular formula is C12H18ClN3O2S. The molecule has 1 aromatic rings. The second kappa shape index (κ2) is 5.66. The summed E-state index contributed by atoms with van der Waals surface area (Å²) in [6.45, 7) is 3.23. The van der Waals surface area contributed by atoms with Crippen molar-refractivity contribution in [3.8, 4) is 0 Å². The Bertz CT molecular complexity index is 554. The van der Waals surface area contributed by atoms with Gasteiger partial charge in [-0.25, -0.2) is 8.42 Å². The number of hydrogen-bond donors (Lipinski definition) is 1. The minimum Gasteiger partial charge on any atom is -0.398 e. The van der Waals surface area contributed by atoms with Gasteiger partial charge in [0.05, 0.1) is 6.26 Å². The van der Waals surface area contributed by atoms with Gasteiger partial charge in [0.1, 0.15) is 0 Å². The van der Waals surface area contributed by atoms with Gasteiger partial charge in [-0.05, 0) is 17.7 Å². The van der Waals surface area contributed by atoms with Gasteiger partial charge in [-0.1, -0.05) is 17.7 Å². The van der Waals surface area contributed by atoms with Crippen molar-refractivity contribution < 1.29 is 8.42 Å². The van der Waals surface area contributed by atoms with Gasteiger partial charge in [0.15, 0.2) is 0 Å². The summed E-state index contributed by atoms with van der Waals surface area (Å²) in [6.07, 6.45) is 1.25. The number of nitrogens with two attached hydrogens (primary N) is 1. The first-order chi connectivity index (χ1) is 8.86.